The zero-order valence-corrected chi connectivity index (χ0v) is 11.9. The first kappa shape index (κ1) is 14.3. The molecule has 1 fully saturated rings. The minimum Gasteiger partial charge on any atom is -0.484 e. The molecule has 5 heteroatoms. The predicted octanol–water partition coefficient (Wildman–Crippen LogP) is 1.49. The van der Waals surface area contributed by atoms with Crippen molar-refractivity contribution in [1.82, 2.24) is 4.90 Å². The highest BCUT2D eigenvalue weighted by Gasteiger charge is 2.34. The number of aliphatic hydroxyl groups is 1. The number of hydrogen-bond donors (Lipinski definition) is 1. The highest BCUT2D eigenvalue weighted by molar-refractivity contribution is 5.78. The van der Waals surface area contributed by atoms with Gasteiger partial charge in [-0.05, 0) is 42.5 Å². The van der Waals surface area contributed by atoms with Crippen LogP contribution in [0.2, 0.25) is 0 Å². The number of rotatable bonds is 4. The van der Waals surface area contributed by atoms with E-state index in [0.717, 1.165) is 12.8 Å². The van der Waals surface area contributed by atoms with E-state index in [-0.39, 0.29) is 32.1 Å². The van der Waals surface area contributed by atoms with E-state index >= 15 is 0 Å². The van der Waals surface area contributed by atoms with Gasteiger partial charge in [-0.2, -0.15) is 0 Å². The van der Waals surface area contributed by atoms with E-state index < -0.39 is 12.2 Å². The molecule has 1 aliphatic heterocycles. The van der Waals surface area contributed by atoms with E-state index in [9.17, 15) is 14.3 Å². The number of alkyl halides is 1. The maximum atomic E-state index is 13.3. The summed E-state index contributed by atoms with van der Waals surface area (Å²) >= 11 is 0. The van der Waals surface area contributed by atoms with Gasteiger partial charge in [0.1, 0.15) is 11.9 Å². The summed E-state index contributed by atoms with van der Waals surface area (Å²) in [7, 11) is 0. The topological polar surface area (TPSA) is 49.8 Å². The molecule has 1 aromatic rings. The second-order valence-electron chi connectivity index (χ2n) is 5.79. The van der Waals surface area contributed by atoms with Crippen LogP contribution in [0.3, 0.4) is 0 Å². The minimum absolute atomic E-state index is 0.0532. The molecule has 1 saturated heterocycles. The molecular weight excluding hydrogens is 273 g/mol. The van der Waals surface area contributed by atoms with Gasteiger partial charge < -0.3 is 14.7 Å². The molecule has 3 rings (SSSR count). The van der Waals surface area contributed by atoms with Crippen LogP contribution in [-0.4, -0.2) is 47.9 Å². The normalized spacial score (nSPS) is 24.2. The molecule has 114 valence electrons. The third-order valence-corrected chi connectivity index (χ3v) is 4.33. The summed E-state index contributed by atoms with van der Waals surface area (Å²) in [5.41, 5.74) is 2.65. The summed E-state index contributed by atoms with van der Waals surface area (Å²) in [4.78, 5) is 13.5. The van der Waals surface area contributed by atoms with Gasteiger partial charge in [0.2, 0.25) is 0 Å². The highest BCUT2D eigenvalue weighted by Crippen LogP contribution is 2.26. The van der Waals surface area contributed by atoms with Gasteiger partial charge in [-0.15, -0.1) is 0 Å². The third-order valence-electron chi connectivity index (χ3n) is 4.33. The fraction of sp³-hybridized carbons (Fsp3) is 0.562. The lowest BCUT2D eigenvalue weighted by Crippen LogP contribution is -2.40. The van der Waals surface area contributed by atoms with Crippen LogP contribution < -0.4 is 4.74 Å². The lowest BCUT2D eigenvalue weighted by Gasteiger charge is -2.22. The van der Waals surface area contributed by atoms with E-state index in [2.05, 4.69) is 0 Å². The largest absolute Gasteiger partial charge is 0.484 e. The van der Waals surface area contributed by atoms with E-state index in [0.29, 0.717) is 5.75 Å². The monoisotopic (exact) mass is 293 g/mol. The zero-order valence-electron chi connectivity index (χ0n) is 11.9. The third kappa shape index (κ3) is 3.02. The predicted molar refractivity (Wildman–Crippen MR) is 76.1 cm³/mol. The summed E-state index contributed by atoms with van der Waals surface area (Å²) < 4.78 is 18.9. The van der Waals surface area contributed by atoms with Crippen molar-refractivity contribution in [2.45, 2.75) is 37.9 Å². The number of carbonyl (C=O) groups excluding carboxylic acids is 1. The number of amides is 1. The molecule has 0 aromatic heterocycles. The summed E-state index contributed by atoms with van der Waals surface area (Å²) in [5.74, 6) is 0.412. The standard InChI is InChI=1S/C16H20FNO3/c17-13-7-14(9-19)18(8-13)16(20)10-21-15-5-4-11-2-1-3-12(11)6-15/h4-6,13-14,19H,1-3,7-10H2/t13-,14-/m0/s1. The van der Waals surface area contributed by atoms with Crippen molar-refractivity contribution in [2.75, 3.05) is 19.8 Å². The molecule has 0 unspecified atom stereocenters. The molecule has 1 aromatic carbocycles. The summed E-state index contributed by atoms with van der Waals surface area (Å²) in [6.45, 7) is -0.259. The van der Waals surface area contributed by atoms with Crippen LogP contribution in [0.25, 0.3) is 0 Å². The van der Waals surface area contributed by atoms with Crippen LogP contribution in [0.1, 0.15) is 24.0 Å². The van der Waals surface area contributed by atoms with Crippen molar-refractivity contribution < 1.29 is 19.0 Å². The molecular formula is C16H20FNO3. The van der Waals surface area contributed by atoms with Gasteiger partial charge in [-0.25, -0.2) is 4.39 Å². The van der Waals surface area contributed by atoms with Crippen LogP contribution in [0, 0.1) is 0 Å². The number of carbonyl (C=O) groups is 1. The Labute approximate surface area is 123 Å². The van der Waals surface area contributed by atoms with Crippen LogP contribution in [0.4, 0.5) is 4.39 Å². The Morgan fingerprint density at radius 3 is 3.00 bits per heavy atom. The second kappa shape index (κ2) is 6.02. The van der Waals surface area contributed by atoms with Crippen LogP contribution in [0.15, 0.2) is 18.2 Å². The average Bonchev–Trinajstić information content (AvgIpc) is 3.09. The fourth-order valence-electron chi connectivity index (χ4n) is 3.20. The molecule has 1 amide bonds. The number of aryl methyl sites for hydroxylation is 2. The maximum absolute atomic E-state index is 13.3. The number of likely N-dealkylation sites (tertiary alicyclic amines) is 1. The van der Waals surface area contributed by atoms with Gasteiger partial charge in [0.15, 0.2) is 6.61 Å². The van der Waals surface area contributed by atoms with E-state index in [4.69, 9.17) is 4.74 Å². The molecule has 1 aliphatic carbocycles. The van der Waals surface area contributed by atoms with E-state index in [1.165, 1.54) is 22.4 Å². The molecule has 2 atom stereocenters. The number of aliphatic hydroxyl groups excluding tert-OH is 1. The first-order valence-corrected chi connectivity index (χ1v) is 7.46. The quantitative estimate of drug-likeness (QED) is 0.915. The molecule has 0 radical (unpaired) electrons. The smallest absolute Gasteiger partial charge is 0.260 e. The van der Waals surface area contributed by atoms with Gasteiger partial charge >= 0.3 is 0 Å². The maximum Gasteiger partial charge on any atom is 0.260 e. The van der Waals surface area contributed by atoms with Gasteiger partial charge in [-0.1, -0.05) is 6.07 Å². The van der Waals surface area contributed by atoms with Crippen molar-refractivity contribution in [3.05, 3.63) is 29.3 Å². The number of halogens is 1. The minimum atomic E-state index is -1.05. The molecule has 1 heterocycles. The lowest BCUT2D eigenvalue weighted by atomic mass is 10.1. The Bertz CT molecular complexity index is 534. The highest BCUT2D eigenvalue weighted by atomic mass is 19.1. The lowest BCUT2D eigenvalue weighted by molar-refractivity contribution is -0.135. The van der Waals surface area contributed by atoms with Crippen molar-refractivity contribution in [3.63, 3.8) is 0 Å². The Morgan fingerprint density at radius 2 is 2.19 bits per heavy atom. The Hall–Kier alpha value is -1.62. The molecule has 4 nitrogen and oxygen atoms in total. The molecule has 0 bridgehead atoms. The zero-order chi connectivity index (χ0) is 14.8. The number of hydrogen-bond acceptors (Lipinski definition) is 3. The van der Waals surface area contributed by atoms with Crippen molar-refractivity contribution >= 4 is 5.91 Å². The van der Waals surface area contributed by atoms with Crippen molar-refractivity contribution in [2.24, 2.45) is 0 Å². The Kier molecular flexibility index (Phi) is 4.10. The molecule has 0 saturated carbocycles. The summed E-state index contributed by atoms with van der Waals surface area (Å²) in [6, 6.07) is 5.49. The van der Waals surface area contributed by atoms with Crippen LogP contribution in [0.5, 0.6) is 5.75 Å². The van der Waals surface area contributed by atoms with Gasteiger partial charge in [0, 0.05) is 6.42 Å². The van der Waals surface area contributed by atoms with E-state index in [1.807, 2.05) is 18.2 Å². The number of nitrogens with zero attached hydrogens (tertiary/aromatic N) is 1. The molecule has 1 N–H and O–H groups in total. The summed E-state index contributed by atoms with van der Waals surface area (Å²) in [5, 5.41) is 9.19. The Balaban J connectivity index is 1.58. The number of ether oxygens (including phenoxy) is 1. The van der Waals surface area contributed by atoms with Gasteiger partial charge in [-0.3, -0.25) is 4.79 Å². The second-order valence-corrected chi connectivity index (χ2v) is 5.79. The molecule has 2 aliphatic rings. The number of fused-ring (bicyclic) bond motifs is 1. The first-order valence-electron chi connectivity index (χ1n) is 7.46. The number of benzene rings is 1. The molecule has 21 heavy (non-hydrogen) atoms. The van der Waals surface area contributed by atoms with Crippen molar-refractivity contribution in [3.8, 4) is 5.75 Å². The molecule has 0 spiro atoms. The summed E-state index contributed by atoms with van der Waals surface area (Å²) in [6.07, 6.45) is 2.50. The first-order chi connectivity index (χ1) is 10.2. The average molecular weight is 293 g/mol. The Morgan fingerprint density at radius 1 is 1.38 bits per heavy atom. The van der Waals surface area contributed by atoms with Crippen LogP contribution >= 0.6 is 0 Å². The van der Waals surface area contributed by atoms with Crippen molar-refractivity contribution in [1.29, 1.82) is 0 Å². The van der Waals surface area contributed by atoms with Gasteiger partial charge in [0.25, 0.3) is 5.91 Å². The van der Waals surface area contributed by atoms with Gasteiger partial charge in [0.05, 0.1) is 19.2 Å². The van der Waals surface area contributed by atoms with E-state index in [1.54, 1.807) is 0 Å². The van der Waals surface area contributed by atoms with Crippen LogP contribution in [-0.2, 0) is 17.6 Å². The SMILES string of the molecule is O=C(COc1ccc2c(c1)CCC2)N1C[C@@H](F)C[C@H]1CO. The fourth-order valence-corrected chi connectivity index (χ4v) is 3.20.